The Labute approximate surface area is 164 Å². The average Bonchev–Trinajstić information content (AvgIpc) is 2.67. The molecule has 0 atom stereocenters. The van der Waals surface area contributed by atoms with E-state index in [0.717, 1.165) is 18.5 Å². The van der Waals surface area contributed by atoms with Crippen molar-refractivity contribution >= 4 is 16.6 Å². The summed E-state index contributed by atoms with van der Waals surface area (Å²) in [6.45, 7) is 3.02. The van der Waals surface area contributed by atoms with Crippen molar-refractivity contribution < 1.29 is 0 Å². The minimum Gasteiger partial charge on any atom is -0.399 e. The number of nitrogens with zero attached hydrogens (tertiary/aromatic N) is 2. The van der Waals surface area contributed by atoms with Crippen molar-refractivity contribution in [1.29, 1.82) is 0 Å². The van der Waals surface area contributed by atoms with Crippen LogP contribution in [0.1, 0.15) is 90.4 Å². The van der Waals surface area contributed by atoms with E-state index in [-0.39, 0.29) is 5.56 Å². The van der Waals surface area contributed by atoms with E-state index in [9.17, 15) is 4.79 Å². The van der Waals surface area contributed by atoms with E-state index in [1.165, 1.54) is 77.0 Å². The molecule has 1 aromatic heterocycles. The number of aryl methyl sites for hydroxylation is 1. The highest BCUT2D eigenvalue weighted by Crippen LogP contribution is 2.13. The Morgan fingerprint density at radius 3 is 2.00 bits per heavy atom. The SMILES string of the molecule is CCCCCCCCCCCCCCCn1cnc2ccc(N)cc2c1=O. The Kier molecular flexibility index (Phi) is 9.96. The molecule has 2 rings (SSSR count). The van der Waals surface area contributed by atoms with Gasteiger partial charge in [0, 0.05) is 12.2 Å². The molecule has 0 aliphatic heterocycles. The molecule has 150 valence electrons. The number of nitrogens with two attached hydrogens (primary N) is 1. The molecule has 27 heavy (non-hydrogen) atoms. The largest absolute Gasteiger partial charge is 0.399 e. The quantitative estimate of drug-likeness (QED) is 0.324. The fourth-order valence-corrected chi connectivity index (χ4v) is 3.64. The van der Waals surface area contributed by atoms with E-state index >= 15 is 0 Å². The number of aromatic nitrogens is 2. The Bertz CT molecular complexity index is 723. The van der Waals surface area contributed by atoms with Gasteiger partial charge < -0.3 is 5.73 Å². The fourth-order valence-electron chi connectivity index (χ4n) is 3.64. The summed E-state index contributed by atoms with van der Waals surface area (Å²) >= 11 is 0. The highest BCUT2D eigenvalue weighted by Gasteiger charge is 2.04. The molecule has 0 unspecified atom stereocenters. The van der Waals surface area contributed by atoms with Crippen molar-refractivity contribution in [1.82, 2.24) is 9.55 Å². The average molecular weight is 372 g/mol. The zero-order valence-electron chi connectivity index (χ0n) is 17.1. The van der Waals surface area contributed by atoms with Gasteiger partial charge in [0.25, 0.3) is 5.56 Å². The zero-order chi connectivity index (χ0) is 19.3. The lowest BCUT2D eigenvalue weighted by molar-refractivity contribution is 0.522. The van der Waals surface area contributed by atoms with Gasteiger partial charge >= 0.3 is 0 Å². The summed E-state index contributed by atoms with van der Waals surface area (Å²) in [6, 6.07) is 5.32. The smallest absolute Gasteiger partial charge is 0.261 e. The second-order valence-electron chi connectivity index (χ2n) is 7.76. The lowest BCUT2D eigenvalue weighted by Crippen LogP contribution is -2.20. The molecule has 0 aliphatic carbocycles. The molecule has 4 nitrogen and oxygen atoms in total. The summed E-state index contributed by atoms with van der Waals surface area (Å²) in [7, 11) is 0. The number of nitrogen functional groups attached to an aromatic ring is 1. The third-order valence-corrected chi connectivity index (χ3v) is 5.35. The number of anilines is 1. The van der Waals surface area contributed by atoms with Crippen LogP contribution in [-0.4, -0.2) is 9.55 Å². The first-order valence-corrected chi connectivity index (χ1v) is 11.0. The van der Waals surface area contributed by atoms with Crippen LogP contribution < -0.4 is 11.3 Å². The third kappa shape index (κ3) is 7.74. The number of rotatable bonds is 14. The van der Waals surface area contributed by atoms with Gasteiger partial charge in [-0.15, -0.1) is 0 Å². The van der Waals surface area contributed by atoms with Crippen LogP contribution in [0.3, 0.4) is 0 Å². The van der Waals surface area contributed by atoms with Gasteiger partial charge in [0.1, 0.15) is 0 Å². The zero-order valence-corrected chi connectivity index (χ0v) is 17.1. The van der Waals surface area contributed by atoms with E-state index in [2.05, 4.69) is 11.9 Å². The second-order valence-corrected chi connectivity index (χ2v) is 7.76. The van der Waals surface area contributed by atoms with Gasteiger partial charge in [0.15, 0.2) is 0 Å². The lowest BCUT2D eigenvalue weighted by Gasteiger charge is -2.07. The molecule has 2 N–H and O–H groups in total. The summed E-state index contributed by atoms with van der Waals surface area (Å²) in [5.41, 5.74) is 7.14. The van der Waals surface area contributed by atoms with E-state index < -0.39 is 0 Å². The van der Waals surface area contributed by atoms with Crippen molar-refractivity contribution in [3.8, 4) is 0 Å². The predicted molar refractivity (Wildman–Crippen MR) is 116 cm³/mol. The minimum atomic E-state index is 0.0197. The molecule has 0 radical (unpaired) electrons. The van der Waals surface area contributed by atoms with Crippen LogP contribution in [-0.2, 0) is 6.54 Å². The van der Waals surface area contributed by atoms with E-state index in [4.69, 9.17) is 5.73 Å². The van der Waals surface area contributed by atoms with E-state index in [1.54, 1.807) is 23.0 Å². The number of hydrogen-bond donors (Lipinski definition) is 1. The molecule has 0 aliphatic rings. The topological polar surface area (TPSA) is 60.9 Å². The molecule has 0 bridgehead atoms. The fraction of sp³-hybridized carbons (Fsp3) is 0.652. The molecule has 0 fully saturated rings. The monoisotopic (exact) mass is 371 g/mol. The Hall–Kier alpha value is -1.84. The maximum Gasteiger partial charge on any atom is 0.261 e. The number of benzene rings is 1. The van der Waals surface area contributed by atoms with Gasteiger partial charge in [-0.1, -0.05) is 84.0 Å². The second kappa shape index (κ2) is 12.5. The van der Waals surface area contributed by atoms with Crippen LogP contribution in [0.5, 0.6) is 0 Å². The van der Waals surface area contributed by atoms with Crippen LogP contribution in [0.25, 0.3) is 10.9 Å². The van der Waals surface area contributed by atoms with Gasteiger partial charge in [0.2, 0.25) is 0 Å². The van der Waals surface area contributed by atoms with Crippen molar-refractivity contribution in [2.45, 2.75) is 96.9 Å². The summed E-state index contributed by atoms with van der Waals surface area (Å²) in [4.78, 5) is 16.9. The van der Waals surface area contributed by atoms with E-state index in [1.807, 2.05) is 6.07 Å². The molecule has 0 spiro atoms. The Balaban J connectivity index is 1.54. The molecule has 1 aromatic carbocycles. The van der Waals surface area contributed by atoms with Crippen molar-refractivity contribution in [3.63, 3.8) is 0 Å². The van der Waals surface area contributed by atoms with Crippen LogP contribution in [0.2, 0.25) is 0 Å². The lowest BCUT2D eigenvalue weighted by atomic mass is 10.0. The summed E-state index contributed by atoms with van der Waals surface area (Å²) in [5.74, 6) is 0. The van der Waals surface area contributed by atoms with Gasteiger partial charge in [-0.3, -0.25) is 9.36 Å². The molecule has 1 heterocycles. The molecular weight excluding hydrogens is 334 g/mol. The van der Waals surface area contributed by atoms with Crippen LogP contribution in [0.4, 0.5) is 5.69 Å². The van der Waals surface area contributed by atoms with Crippen LogP contribution in [0, 0.1) is 0 Å². The molecular formula is C23H37N3O. The Morgan fingerprint density at radius 2 is 1.41 bits per heavy atom. The van der Waals surface area contributed by atoms with Crippen molar-refractivity contribution in [2.75, 3.05) is 5.73 Å². The summed E-state index contributed by atoms with van der Waals surface area (Å²) in [6.07, 6.45) is 19.0. The number of hydrogen-bond acceptors (Lipinski definition) is 3. The minimum absolute atomic E-state index is 0.0197. The maximum atomic E-state index is 12.5. The summed E-state index contributed by atoms with van der Waals surface area (Å²) in [5, 5.41) is 0.618. The first-order chi connectivity index (χ1) is 13.2. The summed E-state index contributed by atoms with van der Waals surface area (Å²) < 4.78 is 1.72. The number of unbranched alkanes of at least 4 members (excludes halogenated alkanes) is 12. The molecule has 0 amide bonds. The third-order valence-electron chi connectivity index (χ3n) is 5.35. The molecule has 2 aromatic rings. The molecule has 0 saturated carbocycles. The van der Waals surface area contributed by atoms with Crippen LogP contribution >= 0.6 is 0 Å². The van der Waals surface area contributed by atoms with Gasteiger partial charge in [-0.25, -0.2) is 4.98 Å². The van der Waals surface area contributed by atoms with Crippen LogP contribution in [0.15, 0.2) is 29.3 Å². The molecule has 4 heteroatoms. The standard InChI is InChI=1S/C23H37N3O/c1-2-3-4-5-6-7-8-9-10-11-12-13-14-17-26-19-25-22-16-15-20(24)18-21(22)23(26)27/h15-16,18-19H,2-14,17,24H2,1H3. The maximum absolute atomic E-state index is 12.5. The number of fused-ring (bicyclic) bond motifs is 1. The van der Waals surface area contributed by atoms with Crippen molar-refractivity contribution in [3.05, 3.63) is 34.9 Å². The first kappa shape index (κ1) is 21.5. The highest BCUT2D eigenvalue weighted by atomic mass is 16.1. The Morgan fingerprint density at radius 1 is 0.852 bits per heavy atom. The highest BCUT2D eigenvalue weighted by molar-refractivity contribution is 5.80. The van der Waals surface area contributed by atoms with Gasteiger partial charge in [-0.2, -0.15) is 0 Å². The van der Waals surface area contributed by atoms with Gasteiger partial charge in [0.05, 0.1) is 17.2 Å². The van der Waals surface area contributed by atoms with E-state index in [0.29, 0.717) is 11.1 Å². The molecule has 0 saturated heterocycles. The predicted octanol–water partition coefficient (Wildman–Crippen LogP) is 6.07. The normalized spacial score (nSPS) is 11.3. The first-order valence-electron chi connectivity index (χ1n) is 11.0. The van der Waals surface area contributed by atoms with Gasteiger partial charge in [-0.05, 0) is 24.6 Å². The van der Waals surface area contributed by atoms with Crippen molar-refractivity contribution in [2.24, 2.45) is 0 Å².